The molecule has 0 spiro atoms. The summed E-state index contributed by atoms with van der Waals surface area (Å²) >= 11 is 0. The fourth-order valence-electron chi connectivity index (χ4n) is 2.01. The largest absolute Gasteiger partial charge is 0.396 e. The van der Waals surface area contributed by atoms with Gasteiger partial charge in [-0.3, -0.25) is 9.59 Å². The van der Waals surface area contributed by atoms with Crippen molar-refractivity contribution in [2.75, 3.05) is 5.73 Å². The molecule has 0 heterocycles. The molecular weight excluding hydrogens is 361 g/mol. The van der Waals surface area contributed by atoms with Gasteiger partial charge in [0.25, 0.3) is 0 Å². The third-order valence-electron chi connectivity index (χ3n) is 3.27. The molecule has 0 aliphatic carbocycles. The molecule has 2 amide bonds. The Kier molecular flexibility index (Phi) is 5.75. The van der Waals surface area contributed by atoms with Gasteiger partial charge in [0, 0.05) is 13.1 Å². The van der Waals surface area contributed by atoms with E-state index in [9.17, 15) is 31.5 Å². The van der Waals surface area contributed by atoms with Gasteiger partial charge in [-0.1, -0.05) is 0 Å². The molecule has 5 nitrogen and oxygen atoms in total. The van der Waals surface area contributed by atoms with E-state index in [0.29, 0.717) is 12.1 Å². The lowest BCUT2D eigenvalue weighted by molar-refractivity contribution is -0.139. The molecule has 2 rings (SSSR count). The van der Waals surface area contributed by atoms with E-state index in [-0.39, 0.29) is 17.7 Å². The first kappa shape index (κ1) is 19.2. The van der Waals surface area contributed by atoms with Crippen LogP contribution >= 0.6 is 0 Å². The van der Waals surface area contributed by atoms with Gasteiger partial charge in [-0.2, -0.15) is 0 Å². The Morgan fingerprint density at radius 3 is 1.54 bits per heavy atom. The zero-order valence-electron chi connectivity index (χ0n) is 13.0. The minimum Gasteiger partial charge on any atom is -0.396 e. The fourth-order valence-corrected chi connectivity index (χ4v) is 2.01. The van der Waals surface area contributed by atoms with E-state index in [0.717, 1.165) is 12.1 Å². The minimum atomic E-state index is -1.65. The van der Waals surface area contributed by atoms with Gasteiger partial charge >= 0.3 is 11.8 Å². The topological polar surface area (TPSA) is 84.2 Å². The molecule has 0 bridgehead atoms. The fraction of sp³-hybridized carbons (Fsp3) is 0.125. The molecule has 26 heavy (non-hydrogen) atoms. The van der Waals surface area contributed by atoms with Crippen molar-refractivity contribution in [1.29, 1.82) is 0 Å². The molecule has 2 aromatic rings. The number of nitrogen functional groups attached to an aromatic ring is 1. The molecule has 0 aromatic heterocycles. The number of halogens is 5. The second kappa shape index (κ2) is 7.81. The first-order valence-corrected chi connectivity index (χ1v) is 7.12. The summed E-state index contributed by atoms with van der Waals surface area (Å²) in [5.74, 6) is -9.23. The number of hydrogen-bond donors (Lipinski definition) is 3. The lowest BCUT2D eigenvalue weighted by Gasteiger charge is -2.08. The molecule has 10 heteroatoms. The van der Waals surface area contributed by atoms with Crippen LogP contribution in [0.1, 0.15) is 11.1 Å². The number of nitrogens with two attached hydrogens (primary N) is 1. The van der Waals surface area contributed by atoms with E-state index in [1.165, 1.54) is 0 Å². The van der Waals surface area contributed by atoms with Crippen molar-refractivity contribution in [3.05, 3.63) is 64.5 Å². The van der Waals surface area contributed by atoms with Gasteiger partial charge in [-0.25, -0.2) is 22.0 Å². The first-order valence-electron chi connectivity index (χ1n) is 7.12. The summed E-state index contributed by atoms with van der Waals surface area (Å²) in [4.78, 5) is 23.3. The van der Waals surface area contributed by atoms with Crippen molar-refractivity contribution >= 4 is 17.5 Å². The van der Waals surface area contributed by atoms with E-state index >= 15 is 0 Å². The molecule has 4 N–H and O–H groups in total. The van der Waals surface area contributed by atoms with Crippen LogP contribution in [0.2, 0.25) is 0 Å². The molecule has 0 atom stereocenters. The maximum Gasteiger partial charge on any atom is 0.309 e. The van der Waals surface area contributed by atoms with E-state index in [4.69, 9.17) is 5.73 Å². The number of rotatable bonds is 4. The van der Waals surface area contributed by atoms with Crippen LogP contribution < -0.4 is 16.4 Å². The Balaban J connectivity index is 1.91. The average Bonchev–Trinajstić information content (AvgIpc) is 2.59. The van der Waals surface area contributed by atoms with Crippen LogP contribution in [0, 0.1) is 29.1 Å². The Bertz CT molecular complexity index is 755. The van der Waals surface area contributed by atoms with Crippen molar-refractivity contribution in [3.8, 4) is 0 Å². The summed E-state index contributed by atoms with van der Waals surface area (Å²) in [5, 5.41) is 4.21. The molecule has 0 radical (unpaired) electrons. The molecule has 0 saturated heterocycles. The number of benzene rings is 2. The number of nitrogens with one attached hydrogen (secondary N) is 2. The van der Waals surface area contributed by atoms with Crippen molar-refractivity contribution in [3.63, 3.8) is 0 Å². The summed E-state index contributed by atoms with van der Waals surface area (Å²) in [5.41, 5.74) is 4.80. The third kappa shape index (κ3) is 4.47. The number of hydrogen-bond acceptors (Lipinski definition) is 3. The minimum absolute atomic E-state index is 0.101. The predicted octanol–water partition coefficient (Wildman–Crippen LogP) is 1.90. The smallest absolute Gasteiger partial charge is 0.309 e. The highest BCUT2D eigenvalue weighted by Crippen LogP contribution is 2.16. The first-order chi connectivity index (χ1) is 12.2. The SMILES string of the molecule is Nc1cc(CNC(=O)C(=O)NCc2cc(F)c(F)c(F)c2)cc(F)c1F. The summed E-state index contributed by atoms with van der Waals surface area (Å²) in [7, 11) is 0. The number of amides is 2. The van der Waals surface area contributed by atoms with Crippen LogP contribution in [-0.4, -0.2) is 11.8 Å². The predicted molar refractivity (Wildman–Crippen MR) is 80.8 cm³/mol. The van der Waals surface area contributed by atoms with Gasteiger partial charge in [-0.05, 0) is 35.4 Å². The van der Waals surface area contributed by atoms with Gasteiger partial charge in [-0.15, -0.1) is 0 Å². The van der Waals surface area contributed by atoms with Gasteiger partial charge < -0.3 is 16.4 Å². The molecule has 138 valence electrons. The molecule has 0 saturated carbocycles. The van der Waals surface area contributed by atoms with E-state index in [1.54, 1.807) is 0 Å². The highest BCUT2D eigenvalue weighted by atomic mass is 19.2. The van der Waals surface area contributed by atoms with E-state index in [2.05, 4.69) is 10.6 Å². The Labute approximate surface area is 144 Å². The summed E-state index contributed by atoms with van der Waals surface area (Å²) in [6.07, 6.45) is 0. The molecule has 0 aliphatic heterocycles. The number of anilines is 1. The second-order valence-electron chi connectivity index (χ2n) is 5.22. The summed E-state index contributed by atoms with van der Waals surface area (Å²) < 4.78 is 65.2. The number of carbonyl (C=O) groups excluding carboxylic acids is 2. The standard InChI is InChI=1S/C16H12F5N3O2/c17-9-1-7(2-10(18)13(9)20)5-23-15(25)16(26)24-6-8-3-11(19)14(21)12(22)4-8/h1-4H,5-6,22H2,(H,23,25)(H,24,26). The van der Waals surface area contributed by atoms with Crippen LogP contribution in [0.25, 0.3) is 0 Å². The monoisotopic (exact) mass is 373 g/mol. The van der Waals surface area contributed by atoms with Gasteiger partial charge in [0.1, 0.15) is 0 Å². The maximum absolute atomic E-state index is 13.2. The quantitative estimate of drug-likeness (QED) is 0.331. The van der Waals surface area contributed by atoms with Gasteiger partial charge in [0.15, 0.2) is 29.1 Å². The van der Waals surface area contributed by atoms with Crippen molar-refractivity contribution in [1.82, 2.24) is 10.6 Å². The normalized spacial score (nSPS) is 10.5. The number of carbonyl (C=O) groups is 2. The van der Waals surface area contributed by atoms with Crippen LogP contribution in [0.5, 0.6) is 0 Å². The van der Waals surface area contributed by atoms with E-state index in [1.807, 2.05) is 0 Å². The molecule has 2 aromatic carbocycles. The van der Waals surface area contributed by atoms with Crippen molar-refractivity contribution < 1.29 is 31.5 Å². The average molecular weight is 373 g/mol. The van der Waals surface area contributed by atoms with Crippen molar-refractivity contribution in [2.45, 2.75) is 13.1 Å². The Hall–Kier alpha value is -3.17. The highest BCUT2D eigenvalue weighted by Gasteiger charge is 2.16. The molecular formula is C16H12F5N3O2. The molecule has 0 unspecified atom stereocenters. The lowest BCUT2D eigenvalue weighted by atomic mass is 10.2. The van der Waals surface area contributed by atoms with Gasteiger partial charge in [0.2, 0.25) is 0 Å². The Morgan fingerprint density at radius 1 is 0.731 bits per heavy atom. The second-order valence-corrected chi connectivity index (χ2v) is 5.22. The third-order valence-corrected chi connectivity index (χ3v) is 3.27. The van der Waals surface area contributed by atoms with E-state index < -0.39 is 53.1 Å². The molecule has 0 aliphatic rings. The maximum atomic E-state index is 13.2. The summed E-state index contributed by atoms with van der Waals surface area (Å²) in [6.45, 7) is -0.744. The zero-order chi connectivity index (χ0) is 19.4. The molecule has 0 fully saturated rings. The highest BCUT2D eigenvalue weighted by molar-refractivity contribution is 6.35. The zero-order valence-corrected chi connectivity index (χ0v) is 13.0. The van der Waals surface area contributed by atoms with Crippen LogP contribution in [0.3, 0.4) is 0 Å². The van der Waals surface area contributed by atoms with Crippen molar-refractivity contribution in [2.24, 2.45) is 0 Å². The lowest BCUT2D eigenvalue weighted by Crippen LogP contribution is -2.39. The Morgan fingerprint density at radius 2 is 1.12 bits per heavy atom. The van der Waals surface area contributed by atoms with Crippen LogP contribution in [0.4, 0.5) is 27.6 Å². The van der Waals surface area contributed by atoms with Gasteiger partial charge in [0.05, 0.1) is 5.69 Å². The van der Waals surface area contributed by atoms with Crippen LogP contribution in [0.15, 0.2) is 24.3 Å². The summed E-state index contributed by atoms with van der Waals surface area (Å²) in [6, 6.07) is 3.22. The van der Waals surface area contributed by atoms with Crippen LogP contribution in [-0.2, 0) is 22.7 Å².